The topological polar surface area (TPSA) is 74.3 Å². The number of nitrogens with zero attached hydrogens (tertiary/aromatic N) is 2. The van der Waals surface area contributed by atoms with Crippen LogP contribution in [0.15, 0.2) is 11.4 Å². The summed E-state index contributed by atoms with van der Waals surface area (Å²) < 4.78 is 0. The summed E-state index contributed by atoms with van der Waals surface area (Å²) in [4.78, 5) is 33.7. The Bertz CT molecular complexity index is 870. The van der Waals surface area contributed by atoms with E-state index in [0.29, 0.717) is 19.5 Å². The highest BCUT2D eigenvalue weighted by Gasteiger charge is 2.23. The highest BCUT2D eigenvalue weighted by Crippen LogP contribution is 2.35. The molecule has 1 aliphatic heterocycles. The van der Waals surface area contributed by atoms with Crippen molar-refractivity contribution in [3.05, 3.63) is 26.9 Å². The van der Waals surface area contributed by atoms with E-state index in [1.54, 1.807) is 22.7 Å². The SMILES string of the molecule is Cc1nc(-c2cc3c(s2)CCN(C(=O)CCNC(=O)NC2CCCCC2)C3)cs1. The van der Waals surface area contributed by atoms with Gasteiger partial charge in [-0.2, -0.15) is 0 Å². The van der Waals surface area contributed by atoms with E-state index in [2.05, 4.69) is 27.1 Å². The molecule has 0 spiro atoms. The molecule has 2 N–H and O–H groups in total. The summed E-state index contributed by atoms with van der Waals surface area (Å²) >= 11 is 3.46. The third-order valence-electron chi connectivity index (χ3n) is 5.66. The van der Waals surface area contributed by atoms with Crippen LogP contribution in [0, 0.1) is 6.92 Å². The van der Waals surface area contributed by atoms with E-state index in [9.17, 15) is 9.59 Å². The number of amides is 3. The maximum absolute atomic E-state index is 12.6. The first-order valence-corrected chi connectivity index (χ1v) is 12.1. The van der Waals surface area contributed by atoms with Crippen molar-refractivity contribution in [3.8, 4) is 10.6 Å². The van der Waals surface area contributed by atoms with Gasteiger partial charge in [0.15, 0.2) is 0 Å². The summed E-state index contributed by atoms with van der Waals surface area (Å²) in [6.07, 6.45) is 7.00. The van der Waals surface area contributed by atoms with E-state index in [1.807, 2.05) is 11.8 Å². The molecule has 2 aliphatic rings. The molecule has 2 aromatic heterocycles. The Morgan fingerprint density at radius 1 is 1.28 bits per heavy atom. The third-order valence-corrected chi connectivity index (χ3v) is 7.69. The molecule has 6 nitrogen and oxygen atoms in total. The van der Waals surface area contributed by atoms with Gasteiger partial charge in [0.2, 0.25) is 5.91 Å². The van der Waals surface area contributed by atoms with Crippen molar-refractivity contribution >= 4 is 34.6 Å². The average molecular weight is 433 g/mol. The van der Waals surface area contributed by atoms with Gasteiger partial charge < -0.3 is 15.5 Å². The molecule has 3 heterocycles. The zero-order valence-electron chi connectivity index (χ0n) is 16.8. The van der Waals surface area contributed by atoms with Crippen LogP contribution in [0.25, 0.3) is 10.6 Å². The molecule has 2 aromatic rings. The number of thiazole rings is 1. The van der Waals surface area contributed by atoms with Crippen LogP contribution in [0.1, 0.15) is 54.0 Å². The summed E-state index contributed by atoms with van der Waals surface area (Å²) in [7, 11) is 0. The fourth-order valence-electron chi connectivity index (χ4n) is 4.07. The fourth-order valence-corrected chi connectivity index (χ4v) is 5.88. The van der Waals surface area contributed by atoms with Gasteiger partial charge in [-0.15, -0.1) is 22.7 Å². The molecular weight excluding hydrogens is 404 g/mol. The number of thiophene rings is 1. The quantitative estimate of drug-likeness (QED) is 0.747. The Kier molecular flexibility index (Phi) is 6.50. The third kappa shape index (κ3) is 5.17. The molecule has 3 amide bonds. The molecule has 0 unspecified atom stereocenters. The number of hydrogen-bond donors (Lipinski definition) is 2. The normalized spacial score (nSPS) is 17.1. The Morgan fingerprint density at radius 2 is 2.10 bits per heavy atom. The van der Waals surface area contributed by atoms with Gasteiger partial charge in [0.1, 0.15) is 0 Å². The first kappa shape index (κ1) is 20.3. The monoisotopic (exact) mass is 432 g/mol. The number of nitrogens with one attached hydrogen (secondary N) is 2. The largest absolute Gasteiger partial charge is 0.338 e. The van der Waals surface area contributed by atoms with E-state index < -0.39 is 0 Å². The van der Waals surface area contributed by atoms with Gasteiger partial charge in [0.05, 0.1) is 15.6 Å². The summed E-state index contributed by atoms with van der Waals surface area (Å²) in [5, 5.41) is 9.04. The highest BCUT2D eigenvalue weighted by molar-refractivity contribution is 7.16. The summed E-state index contributed by atoms with van der Waals surface area (Å²) in [5.74, 6) is 0.103. The minimum Gasteiger partial charge on any atom is -0.338 e. The number of aromatic nitrogens is 1. The van der Waals surface area contributed by atoms with E-state index in [1.165, 1.54) is 34.6 Å². The second kappa shape index (κ2) is 9.26. The maximum atomic E-state index is 12.6. The van der Waals surface area contributed by atoms with Crippen LogP contribution in [0.4, 0.5) is 4.79 Å². The minimum absolute atomic E-state index is 0.103. The number of carbonyl (C=O) groups excluding carboxylic acids is 2. The Hall–Kier alpha value is -1.93. The predicted molar refractivity (Wildman–Crippen MR) is 117 cm³/mol. The lowest BCUT2D eigenvalue weighted by molar-refractivity contribution is -0.131. The van der Waals surface area contributed by atoms with E-state index >= 15 is 0 Å². The van der Waals surface area contributed by atoms with Crippen molar-refractivity contribution < 1.29 is 9.59 Å². The molecule has 4 rings (SSSR count). The van der Waals surface area contributed by atoms with E-state index in [4.69, 9.17) is 0 Å². The first-order valence-electron chi connectivity index (χ1n) is 10.4. The zero-order chi connectivity index (χ0) is 20.2. The van der Waals surface area contributed by atoms with Gasteiger partial charge in [-0.05, 0) is 37.8 Å². The maximum Gasteiger partial charge on any atom is 0.315 e. The number of hydrogen-bond acceptors (Lipinski definition) is 5. The van der Waals surface area contributed by atoms with E-state index in [0.717, 1.165) is 36.5 Å². The Labute approximate surface area is 179 Å². The molecule has 0 bridgehead atoms. The average Bonchev–Trinajstić information content (AvgIpc) is 3.34. The molecule has 0 radical (unpaired) electrons. The molecule has 0 saturated heterocycles. The smallest absolute Gasteiger partial charge is 0.315 e. The van der Waals surface area contributed by atoms with Gasteiger partial charge in [-0.25, -0.2) is 9.78 Å². The van der Waals surface area contributed by atoms with Crippen LogP contribution in [-0.4, -0.2) is 41.0 Å². The molecular formula is C21H28N4O2S2. The van der Waals surface area contributed by atoms with Crippen LogP contribution >= 0.6 is 22.7 Å². The standard InChI is InChI=1S/C21H28N4O2S2/c1-14-23-17(13-28-14)19-11-15-12-25(10-8-18(15)29-19)20(26)7-9-22-21(27)24-16-5-3-2-4-6-16/h11,13,16H,2-10,12H2,1H3,(H2,22,24,27). The molecule has 29 heavy (non-hydrogen) atoms. The molecule has 0 atom stereocenters. The van der Waals surface area contributed by atoms with Crippen LogP contribution in [0.2, 0.25) is 0 Å². The zero-order valence-corrected chi connectivity index (χ0v) is 18.5. The first-order chi connectivity index (χ1) is 14.1. The van der Waals surface area contributed by atoms with Crippen LogP contribution < -0.4 is 10.6 Å². The lowest BCUT2D eigenvalue weighted by Crippen LogP contribution is -2.44. The molecule has 1 aliphatic carbocycles. The predicted octanol–water partition coefficient (Wildman–Crippen LogP) is 4.09. The van der Waals surface area contributed by atoms with Crippen LogP contribution in [0.3, 0.4) is 0 Å². The van der Waals surface area contributed by atoms with Gasteiger partial charge in [0.25, 0.3) is 0 Å². The molecule has 0 aromatic carbocycles. The second-order valence-electron chi connectivity index (χ2n) is 7.86. The molecule has 1 fully saturated rings. The van der Waals surface area contributed by atoms with E-state index in [-0.39, 0.29) is 18.0 Å². The van der Waals surface area contributed by atoms with Gasteiger partial charge in [0, 0.05) is 42.4 Å². The van der Waals surface area contributed by atoms with Crippen molar-refractivity contribution in [2.45, 2.75) is 64.5 Å². The number of rotatable bonds is 5. The fraction of sp³-hybridized carbons (Fsp3) is 0.571. The summed E-state index contributed by atoms with van der Waals surface area (Å²) in [6.45, 7) is 3.80. The van der Waals surface area contributed by atoms with Crippen molar-refractivity contribution in [3.63, 3.8) is 0 Å². The van der Waals surface area contributed by atoms with Gasteiger partial charge in [-0.3, -0.25) is 4.79 Å². The molecule has 1 saturated carbocycles. The lowest BCUT2D eigenvalue weighted by Gasteiger charge is -2.27. The lowest BCUT2D eigenvalue weighted by atomic mass is 9.96. The van der Waals surface area contributed by atoms with Crippen LogP contribution in [-0.2, 0) is 17.8 Å². The minimum atomic E-state index is -0.147. The van der Waals surface area contributed by atoms with Gasteiger partial charge >= 0.3 is 6.03 Å². The second-order valence-corrected chi connectivity index (χ2v) is 10.1. The van der Waals surface area contributed by atoms with Crippen molar-refractivity contribution in [2.24, 2.45) is 0 Å². The van der Waals surface area contributed by atoms with Gasteiger partial charge in [-0.1, -0.05) is 19.3 Å². The number of carbonyl (C=O) groups is 2. The number of urea groups is 1. The summed E-state index contributed by atoms with van der Waals surface area (Å²) in [6, 6.07) is 2.32. The van der Waals surface area contributed by atoms with Crippen LogP contribution in [0.5, 0.6) is 0 Å². The Morgan fingerprint density at radius 3 is 2.86 bits per heavy atom. The molecule has 156 valence electrons. The highest BCUT2D eigenvalue weighted by atomic mass is 32.1. The van der Waals surface area contributed by atoms with Crippen molar-refractivity contribution in [1.29, 1.82) is 0 Å². The molecule has 8 heteroatoms. The van der Waals surface area contributed by atoms with Crippen molar-refractivity contribution in [2.75, 3.05) is 13.1 Å². The number of aryl methyl sites for hydroxylation is 1. The summed E-state index contributed by atoms with van der Waals surface area (Å²) in [5.41, 5.74) is 2.27. The number of fused-ring (bicyclic) bond motifs is 1. The van der Waals surface area contributed by atoms with Crippen molar-refractivity contribution in [1.82, 2.24) is 20.5 Å². The Balaban J connectivity index is 1.24.